The van der Waals surface area contributed by atoms with E-state index in [2.05, 4.69) is 20.9 Å². The Hall–Kier alpha value is -3.44. The van der Waals surface area contributed by atoms with Crippen LogP contribution < -0.4 is 27.4 Å². The van der Waals surface area contributed by atoms with E-state index in [0.717, 1.165) is 16.5 Å². The molecule has 0 fully saturated rings. The molecule has 0 saturated heterocycles. The third-order valence-electron chi connectivity index (χ3n) is 5.79. The highest BCUT2D eigenvalue weighted by Gasteiger charge is 2.29. The zero-order valence-electron chi connectivity index (χ0n) is 20.9. The van der Waals surface area contributed by atoms with Crippen molar-refractivity contribution in [2.45, 2.75) is 64.1 Å². The second kappa shape index (κ2) is 14.2. The Morgan fingerprint density at radius 1 is 1.00 bits per heavy atom. The number of aromatic nitrogens is 1. The number of rotatable bonds is 15. The minimum absolute atomic E-state index is 0.123. The van der Waals surface area contributed by atoms with Crippen molar-refractivity contribution in [1.82, 2.24) is 20.9 Å². The van der Waals surface area contributed by atoms with Crippen molar-refractivity contribution in [3.05, 3.63) is 36.0 Å². The summed E-state index contributed by atoms with van der Waals surface area (Å²) in [6.07, 6.45) is 3.91. The van der Waals surface area contributed by atoms with Gasteiger partial charge >= 0.3 is 5.97 Å². The maximum Gasteiger partial charge on any atom is 0.322 e. The van der Waals surface area contributed by atoms with Gasteiger partial charge in [0.05, 0.1) is 6.04 Å². The average Bonchev–Trinajstić information content (AvgIpc) is 3.23. The van der Waals surface area contributed by atoms with Gasteiger partial charge in [-0.15, -0.1) is 0 Å². The van der Waals surface area contributed by atoms with Crippen molar-refractivity contribution in [2.24, 2.45) is 17.4 Å². The van der Waals surface area contributed by atoms with Gasteiger partial charge in [-0.25, -0.2) is 0 Å². The summed E-state index contributed by atoms with van der Waals surface area (Å²) in [4.78, 5) is 52.9. The molecule has 0 spiro atoms. The van der Waals surface area contributed by atoms with Gasteiger partial charge < -0.3 is 37.5 Å². The summed E-state index contributed by atoms with van der Waals surface area (Å²) in [7, 11) is 0. The van der Waals surface area contributed by atoms with Crippen molar-refractivity contribution >= 4 is 34.6 Å². The minimum atomic E-state index is -1.20. The molecule has 0 bridgehead atoms. The highest BCUT2D eigenvalue weighted by molar-refractivity contribution is 5.94. The summed E-state index contributed by atoms with van der Waals surface area (Å²) in [5.41, 5.74) is 13.2. The van der Waals surface area contributed by atoms with Crippen LogP contribution in [0.4, 0.5) is 0 Å². The average molecular weight is 503 g/mol. The first-order chi connectivity index (χ1) is 17.1. The second-order valence-corrected chi connectivity index (χ2v) is 9.32. The number of aromatic amines is 1. The van der Waals surface area contributed by atoms with Crippen molar-refractivity contribution < 1.29 is 24.3 Å². The molecule has 11 nitrogen and oxygen atoms in total. The molecule has 0 aliphatic rings. The Morgan fingerprint density at radius 3 is 2.36 bits per heavy atom. The molecule has 11 heteroatoms. The molecule has 0 aliphatic heterocycles. The van der Waals surface area contributed by atoms with E-state index in [1.54, 1.807) is 6.20 Å². The number of nitrogens with one attached hydrogen (secondary N) is 4. The first kappa shape index (κ1) is 28.8. The van der Waals surface area contributed by atoms with E-state index < -0.39 is 48.4 Å². The van der Waals surface area contributed by atoms with E-state index in [1.165, 1.54) is 0 Å². The SMILES string of the molecule is CC(C)CC(N)C(=O)NC(CCCCN)C(=O)NC(Cc1c[nH]c2ccccc12)C(=O)NCC(=O)O. The lowest BCUT2D eigenvalue weighted by Gasteiger charge is -2.24. The number of hydrogen-bond donors (Lipinski definition) is 7. The van der Waals surface area contributed by atoms with Crippen LogP contribution in [0.15, 0.2) is 30.5 Å². The first-order valence-corrected chi connectivity index (χ1v) is 12.2. The number of carbonyl (C=O) groups excluding carboxylic acids is 3. The van der Waals surface area contributed by atoms with Crippen LogP contribution in [0.3, 0.4) is 0 Å². The molecule has 1 aromatic carbocycles. The maximum absolute atomic E-state index is 13.3. The molecule has 2 aromatic rings. The summed E-state index contributed by atoms with van der Waals surface area (Å²) < 4.78 is 0. The topological polar surface area (TPSA) is 192 Å². The van der Waals surface area contributed by atoms with Gasteiger partial charge in [0.1, 0.15) is 18.6 Å². The second-order valence-electron chi connectivity index (χ2n) is 9.32. The van der Waals surface area contributed by atoms with Gasteiger partial charge in [0.2, 0.25) is 17.7 Å². The maximum atomic E-state index is 13.3. The largest absolute Gasteiger partial charge is 0.480 e. The van der Waals surface area contributed by atoms with Gasteiger partial charge in [0.15, 0.2) is 0 Å². The third-order valence-corrected chi connectivity index (χ3v) is 5.79. The zero-order valence-corrected chi connectivity index (χ0v) is 20.9. The van der Waals surface area contributed by atoms with Crippen LogP contribution in [-0.2, 0) is 25.6 Å². The van der Waals surface area contributed by atoms with E-state index in [-0.39, 0.29) is 12.3 Å². The fraction of sp³-hybridized carbons (Fsp3) is 0.520. The molecule has 0 aliphatic carbocycles. The van der Waals surface area contributed by atoms with Gasteiger partial charge in [-0.2, -0.15) is 0 Å². The van der Waals surface area contributed by atoms with Crippen LogP contribution in [-0.4, -0.2) is 65.0 Å². The van der Waals surface area contributed by atoms with Crippen molar-refractivity contribution in [3.63, 3.8) is 0 Å². The lowest BCUT2D eigenvalue weighted by Crippen LogP contribution is -2.56. The molecule has 2 rings (SSSR count). The molecule has 198 valence electrons. The van der Waals surface area contributed by atoms with E-state index >= 15 is 0 Å². The van der Waals surface area contributed by atoms with E-state index in [1.807, 2.05) is 38.1 Å². The number of unbranched alkanes of at least 4 members (excludes halogenated alkanes) is 1. The number of hydrogen-bond acceptors (Lipinski definition) is 6. The predicted molar refractivity (Wildman–Crippen MR) is 137 cm³/mol. The zero-order chi connectivity index (χ0) is 26.7. The smallest absolute Gasteiger partial charge is 0.322 e. The van der Waals surface area contributed by atoms with Crippen molar-refractivity contribution in [1.29, 1.82) is 0 Å². The molecule has 36 heavy (non-hydrogen) atoms. The minimum Gasteiger partial charge on any atom is -0.480 e. The molecular weight excluding hydrogens is 464 g/mol. The number of carbonyl (C=O) groups is 4. The Bertz CT molecular complexity index is 1040. The fourth-order valence-electron chi connectivity index (χ4n) is 3.94. The first-order valence-electron chi connectivity index (χ1n) is 12.2. The number of H-pyrrole nitrogens is 1. The van der Waals surface area contributed by atoms with Gasteiger partial charge in [-0.3, -0.25) is 19.2 Å². The molecule has 3 amide bonds. The predicted octanol–water partition coefficient (Wildman–Crippen LogP) is 0.383. The number of aliphatic carboxylic acids is 1. The Labute approximate surface area is 210 Å². The highest BCUT2D eigenvalue weighted by Crippen LogP contribution is 2.19. The third kappa shape index (κ3) is 8.97. The van der Waals surface area contributed by atoms with Gasteiger partial charge in [-0.05, 0) is 49.8 Å². The summed E-state index contributed by atoms with van der Waals surface area (Å²) >= 11 is 0. The van der Waals surface area contributed by atoms with Crippen LogP contribution in [0.25, 0.3) is 10.9 Å². The van der Waals surface area contributed by atoms with Crippen LogP contribution in [0.5, 0.6) is 0 Å². The molecule has 3 atom stereocenters. The molecule has 9 N–H and O–H groups in total. The monoisotopic (exact) mass is 502 g/mol. The fourth-order valence-corrected chi connectivity index (χ4v) is 3.94. The molecule has 3 unspecified atom stereocenters. The highest BCUT2D eigenvalue weighted by atomic mass is 16.4. The number of nitrogens with two attached hydrogens (primary N) is 2. The van der Waals surface area contributed by atoms with Crippen LogP contribution in [0, 0.1) is 5.92 Å². The Morgan fingerprint density at radius 2 is 1.69 bits per heavy atom. The van der Waals surface area contributed by atoms with Gasteiger partial charge in [-0.1, -0.05) is 32.0 Å². The Balaban J connectivity index is 2.22. The van der Waals surface area contributed by atoms with Gasteiger partial charge in [0, 0.05) is 23.5 Å². The number of carboxylic acid groups (broad SMARTS) is 1. The standard InChI is InChI=1S/C25H38N6O5/c1-15(2)11-18(27)23(34)30-20(9-5-6-10-26)25(36)31-21(24(35)29-14-22(32)33)12-16-13-28-19-8-4-3-7-17(16)19/h3-4,7-8,13,15,18,20-21,28H,5-6,9-12,14,26-27H2,1-2H3,(H,29,35)(H,30,34)(H,31,36)(H,32,33). The summed E-state index contributed by atoms with van der Waals surface area (Å²) in [6, 6.07) is 4.77. The molecule has 0 saturated carbocycles. The van der Waals surface area contributed by atoms with Crippen LogP contribution in [0.2, 0.25) is 0 Å². The number of benzene rings is 1. The normalized spacial score (nSPS) is 13.7. The molecular formula is C25H38N6O5. The number of carboxylic acids is 1. The van der Waals surface area contributed by atoms with E-state index in [4.69, 9.17) is 16.6 Å². The van der Waals surface area contributed by atoms with E-state index in [0.29, 0.717) is 32.2 Å². The number of fused-ring (bicyclic) bond motifs is 1. The van der Waals surface area contributed by atoms with Crippen LogP contribution >= 0.6 is 0 Å². The van der Waals surface area contributed by atoms with Crippen LogP contribution in [0.1, 0.15) is 45.1 Å². The summed E-state index contributed by atoms with van der Waals surface area (Å²) in [6.45, 7) is 3.75. The van der Waals surface area contributed by atoms with Gasteiger partial charge in [0.25, 0.3) is 0 Å². The van der Waals surface area contributed by atoms with Crippen molar-refractivity contribution in [3.8, 4) is 0 Å². The molecule has 1 aromatic heterocycles. The van der Waals surface area contributed by atoms with E-state index in [9.17, 15) is 19.2 Å². The number of amides is 3. The summed E-state index contributed by atoms with van der Waals surface area (Å²) in [5.74, 6) is -2.63. The lowest BCUT2D eigenvalue weighted by molar-refractivity contribution is -0.138. The molecule has 1 heterocycles. The van der Waals surface area contributed by atoms with Crippen molar-refractivity contribution in [2.75, 3.05) is 13.1 Å². The summed E-state index contributed by atoms with van der Waals surface area (Å²) in [5, 5.41) is 17.6. The lowest BCUT2D eigenvalue weighted by atomic mass is 10.0. The molecule has 0 radical (unpaired) electrons. The Kier molecular flexibility index (Phi) is 11.4. The quantitative estimate of drug-likeness (QED) is 0.171. The number of para-hydroxylation sites is 1.